The Balaban J connectivity index is 2.58. The first-order valence-electron chi connectivity index (χ1n) is 5.32. The summed E-state index contributed by atoms with van der Waals surface area (Å²) in [5.41, 5.74) is 2.24. The highest BCUT2D eigenvalue weighted by Gasteiger charge is 2.10. The van der Waals surface area contributed by atoms with Crippen LogP contribution in [0, 0.1) is 0 Å². The van der Waals surface area contributed by atoms with Gasteiger partial charge in [-0.25, -0.2) is 0 Å². The molecule has 2 N–H and O–H groups in total. The van der Waals surface area contributed by atoms with Crippen molar-refractivity contribution in [1.82, 2.24) is 0 Å². The summed E-state index contributed by atoms with van der Waals surface area (Å²) in [6.45, 7) is 1.98. The molecule has 0 unspecified atom stereocenters. The van der Waals surface area contributed by atoms with Gasteiger partial charge in [0, 0.05) is 0 Å². The van der Waals surface area contributed by atoms with Crippen LogP contribution in [0.4, 0.5) is 0 Å². The number of benzene rings is 2. The molecule has 2 nitrogen and oxygen atoms in total. The van der Waals surface area contributed by atoms with Crippen LogP contribution in [-0.4, -0.2) is 10.2 Å². The molecule has 0 aliphatic heterocycles. The van der Waals surface area contributed by atoms with Gasteiger partial charge in [0.05, 0.1) is 5.56 Å². The monoisotopic (exact) mass is 214 g/mol. The van der Waals surface area contributed by atoms with Gasteiger partial charge in [0.25, 0.3) is 0 Å². The maximum absolute atomic E-state index is 9.90. The summed E-state index contributed by atoms with van der Waals surface area (Å²) in [5.74, 6) is 0.256. The first-order chi connectivity index (χ1) is 7.72. The van der Waals surface area contributed by atoms with Crippen LogP contribution in [-0.2, 0) is 6.42 Å². The lowest BCUT2D eigenvalue weighted by molar-refractivity contribution is 0.453. The molecule has 0 atom stereocenters. The van der Waals surface area contributed by atoms with E-state index in [1.807, 2.05) is 37.3 Å². The van der Waals surface area contributed by atoms with Crippen LogP contribution < -0.4 is 0 Å². The molecule has 0 heterocycles. The number of rotatable bonds is 2. The molecular formula is C14H14O2. The van der Waals surface area contributed by atoms with Gasteiger partial charge in [0.1, 0.15) is 11.5 Å². The van der Waals surface area contributed by atoms with Crippen molar-refractivity contribution in [2.24, 2.45) is 0 Å². The molecule has 16 heavy (non-hydrogen) atoms. The molecule has 0 bridgehead atoms. The Bertz CT molecular complexity index is 466. The summed E-state index contributed by atoms with van der Waals surface area (Å²) < 4.78 is 0. The maximum Gasteiger partial charge on any atom is 0.127 e. The molecule has 0 aliphatic rings. The van der Waals surface area contributed by atoms with Gasteiger partial charge in [-0.15, -0.1) is 0 Å². The Morgan fingerprint density at radius 2 is 1.50 bits per heavy atom. The maximum atomic E-state index is 9.90. The minimum Gasteiger partial charge on any atom is -0.507 e. The summed E-state index contributed by atoms with van der Waals surface area (Å²) in [5, 5.41) is 19.8. The van der Waals surface area contributed by atoms with Crippen molar-refractivity contribution in [3.63, 3.8) is 0 Å². The summed E-state index contributed by atoms with van der Waals surface area (Å²) in [7, 11) is 0. The van der Waals surface area contributed by atoms with E-state index in [2.05, 4.69) is 0 Å². The second-order valence-corrected chi connectivity index (χ2v) is 3.73. The molecule has 0 aliphatic carbocycles. The predicted molar refractivity (Wildman–Crippen MR) is 64.6 cm³/mol. The van der Waals surface area contributed by atoms with Gasteiger partial charge < -0.3 is 10.2 Å². The van der Waals surface area contributed by atoms with Crippen LogP contribution in [0.2, 0.25) is 0 Å². The minimum absolute atomic E-state index is 0.128. The lowest BCUT2D eigenvalue weighted by Gasteiger charge is -2.09. The molecule has 0 aromatic heterocycles. The first kappa shape index (κ1) is 10.6. The fraction of sp³-hybridized carbons (Fsp3) is 0.143. The van der Waals surface area contributed by atoms with Gasteiger partial charge in [0.2, 0.25) is 0 Å². The van der Waals surface area contributed by atoms with Crippen molar-refractivity contribution in [1.29, 1.82) is 0 Å². The van der Waals surface area contributed by atoms with Crippen LogP contribution >= 0.6 is 0 Å². The summed E-state index contributed by atoms with van der Waals surface area (Å²) >= 11 is 0. The van der Waals surface area contributed by atoms with Crippen molar-refractivity contribution in [2.75, 3.05) is 0 Å². The number of hydrogen-bond acceptors (Lipinski definition) is 2. The van der Waals surface area contributed by atoms with Gasteiger partial charge in [0.15, 0.2) is 0 Å². The smallest absolute Gasteiger partial charge is 0.127 e. The molecule has 0 fully saturated rings. The normalized spacial score (nSPS) is 10.3. The number of hydrogen-bond donors (Lipinski definition) is 2. The average molecular weight is 214 g/mol. The Morgan fingerprint density at radius 3 is 2.00 bits per heavy atom. The van der Waals surface area contributed by atoms with E-state index in [1.165, 1.54) is 0 Å². The highest BCUT2D eigenvalue weighted by atomic mass is 16.3. The second-order valence-electron chi connectivity index (χ2n) is 3.73. The third-order valence-corrected chi connectivity index (χ3v) is 2.63. The molecule has 0 saturated carbocycles. The SMILES string of the molecule is CCc1cc(O)c(-c2ccccc2)c(O)c1. The van der Waals surface area contributed by atoms with Crippen LogP contribution in [0.5, 0.6) is 11.5 Å². The number of phenolic OH excluding ortho intramolecular Hbond substituents is 2. The van der Waals surface area contributed by atoms with Crippen molar-refractivity contribution in [2.45, 2.75) is 13.3 Å². The van der Waals surface area contributed by atoms with Crippen molar-refractivity contribution >= 4 is 0 Å². The lowest BCUT2D eigenvalue weighted by atomic mass is 10.0. The van der Waals surface area contributed by atoms with Crippen LogP contribution in [0.25, 0.3) is 11.1 Å². The van der Waals surface area contributed by atoms with E-state index in [1.54, 1.807) is 12.1 Å². The quantitative estimate of drug-likeness (QED) is 0.805. The lowest BCUT2D eigenvalue weighted by Crippen LogP contribution is -1.85. The third kappa shape index (κ3) is 1.87. The molecule has 0 amide bonds. The molecule has 2 rings (SSSR count). The van der Waals surface area contributed by atoms with Crippen LogP contribution in [0.3, 0.4) is 0 Å². The predicted octanol–water partition coefficient (Wildman–Crippen LogP) is 3.33. The zero-order valence-electron chi connectivity index (χ0n) is 9.14. The molecule has 0 radical (unpaired) electrons. The molecule has 2 aromatic rings. The van der Waals surface area contributed by atoms with Crippen molar-refractivity contribution in [3.8, 4) is 22.6 Å². The average Bonchev–Trinajstić information content (AvgIpc) is 2.29. The topological polar surface area (TPSA) is 40.5 Å². The fourth-order valence-corrected chi connectivity index (χ4v) is 1.77. The standard InChI is InChI=1S/C14H14O2/c1-2-10-8-12(15)14(13(16)9-10)11-6-4-3-5-7-11/h3-9,15-16H,2H2,1H3. The van der Waals surface area contributed by atoms with E-state index in [-0.39, 0.29) is 11.5 Å². The van der Waals surface area contributed by atoms with Crippen LogP contribution in [0.15, 0.2) is 42.5 Å². The van der Waals surface area contributed by atoms with E-state index in [9.17, 15) is 10.2 Å². The molecular weight excluding hydrogens is 200 g/mol. The Kier molecular flexibility index (Phi) is 2.82. The Hall–Kier alpha value is -1.96. The fourth-order valence-electron chi connectivity index (χ4n) is 1.77. The number of phenols is 2. The highest BCUT2D eigenvalue weighted by molar-refractivity contribution is 5.76. The molecule has 0 spiro atoms. The minimum atomic E-state index is 0.128. The van der Waals surface area contributed by atoms with Gasteiger partial charge in [-0.05, 0) is 29.7 Å². The van der Waals surface area contributed by atoms with E-state index < -0.39 is 0 Å². The second kappa shape index (κ2) is 4.27. The summed E-state index contributed by atoms with van der Waals surface area (Å²) in [6, 6.07) is 12.8. The molecule has 82 valence electrons. The van der Waals surface area contributed by atoms with E-state index in [4.69, 9.17) is 0 Å². The van der Waals surface area contributed by atoms with E-state index >= 15 is 0 Å². The Morgan fingerprint density at radius 1 is 0.938 bits per heavy atom. The van der Waals surface area contributed by atoms with Crippen LogP contribution in [0.1, 0.15) is 12.5 Å². The zero-order chi connectivity index (χ0) is 11.5. The van der Waals surface area contributed by atoms with Crippen molar-refractivity contribution in [3.05, 3.63) is 48.0 Å². The van der Waals surface area contributed by atoms with Gasteiger partial charge in [-0.1, -0.05) is 37.3 Å². The zero-order valence-corrected chi connectivity index (χ0v) is 9.14. The summed E-state index contributed by atoms with van der Waals surface area (Å²) in [4.78, 5) is 0. The number of aryl methyl sites for hydroxylation is 1. The van der Waals surface area contributed by atoms with Gasteiger partial charge >= 0.3 is 0 Å². The van der Waals surface area contributed by atoms with E-state index in [0.29, 0.717) is 5.56 Å². The Labute approximate surface area is 94.8 Å². The third-order valence-electron chi connectivity index (χ3n) is 2.63. The molecule has 2 heteroatoms. The van der Waals surface area contributed by atoms with Gasteiger partial charge in [-0.2, -0.15) is 0 Å². The first-order valence-corrected chi connectivity index (χ1v) is 5.32. The summed E-state index contributed by atoms with van der Waals surface area (Å²) in [6.07, 6.45) is 0.788. The van der Waals surface area contributed by atoms with E-state index in [0.717, 1.165) is 17.5 Å². The largest absolute Gasteiger partial charge is 0.507 e. The van der Waals surface area contributed by atoms with Crippen molar-refractivity contribution < 1.29 is 10.2 Å². The van der Waals surface area contributed by atoms with Gasteiger partial charge in [-0.3, -0.25) is 0 Å². The highest BCUT2D eigenvalue weighted by Crippen LogP contribution is 2.38. The molecule has 2 aromatic carbocycles. The number of aromatic hydroxyl groups is 2. The molecule has 0 saturated heterocycles.